The molecule has 4 nitrogen and oxygen atoms in total. The molecular weight excluding hydrogens is 309 g/mol. The van der Waals surface area contributed by atoms with Gasteiger partial charge in [-0.15, -0.1) is 0 Å². The molecule has 0 aliphatic carbocycles. The van der Waals surface area contributed by atoms with Crippen molar-refractivity contribution in [3.05, 3.63) is 34.9 Å². The van der Waals surface area contributed by atoms with Gasteiger partial charge in [0.1, 0.15) is 0 Å². The van der Waals surface area contributed by atoms with E-state index in [2.05, 4.69) is 10.6 Å². The second-order valence-corrected chi connectivity index (χ2v) is 5.87. The minimum Gasteiger partial charge on any atom is -0.378 e. The van der Waals surface area contributed by atoms with Crippen molar-refractivity contribution in [2.45, 2.75) is 51.6 Å². The van der Waals surface area contributed by atoms with Crippen LogP contribution in [0.2, 0.25) is 0 Å². The van der Waals surface area contributed by atoms with Gasteiger partial charge in [-0.2, -0.15) is 13.2 Å². The van der Waals surface area contributed by atoms with E-state index in [0.717, 1.165) is 25.0 Å². The topological polar surface area (TPSA) is 50.4 Å². The third kappa shape index (κ3) is 5.13. The van der Waals surface area contributed by atoms with Crippen molar-refractivity contribution in [2.75, 3.05) is 6.61 Å². The summed E-state index contributed by atoms with van der Waals surface area (Å²) in [6.45, 7) is 4.36. The van der Waals surface area contributed by atoms with Crippen molar-refractivity contribution in [1.29, 1.82) is 0 Å². The summed E-state index contributed by atoms with van der Waals surface area (Å²) in [4.78, 5) is 11.9. The van der Waals surface area contributed by atoms with Gasteiger partial charge in [-0.3, -0.25) is 0 Å². The number of nitrogens with one attached hydrogen (secondary N) is 2. The third-order valence-electron chi connectivity index (χ3n) is 3.93. The quantitative estimate of drug-likeness (QED) is 0.893. The lowest BCUT2D eigenvalue weighted by atomic mass is 10.0. The van der Waals surface area contributed by atoms with Crippen molar-refractivity contribution in [3.63, 3.8) is 0 Å². The highest BCUT2D eigenvalue weighted by atomic mass is 19.4. The number of carbonyl (C=O) groups excluding carboxylic acids is 1. The maximum absolute atomic E-state index is 12.6. The molecule has 2 amide bonds. The molecule has 1 heterocycles. The fraction of sp³-hybridized carbons (Fsp3) is 0.562. The minimum absolute atomic E-state index is 0.0625. The van der Waals surface area contributed by atoms with E-state index < -0.39 is 11.7 Å². The Morgan fingerprint density at radius 1 is 1.39 bits per heavy atom. The maximum atomic E-state index is 12.6. The van der Waals surface area contributed by atoms with E-state index >= 15 is 0 Å². The largest absolute Gasteiger partial charge is 0.416 e. The van der Waals surface area contributed by atoms with E-state index in [1.54, 1.807) is 6.92 Å². The zero-order valence-corrected chi connectivity index (χ0v) is 13.2. The van der Waals surface area contributed by atoms with Crippen molar-refractivity contribution >= 4 is 6.03 Å². The number of urea groups is 1. The Hall–Kier alpha value is -1.76. The molecule has 1 aliphatic heterocycles. The number of halogens is 3. The van der Waals surface area contributed by atoms with Crippen molar-refractivity contribution in [2.24, 2.45) is 0 Å². The van der Waals surface area contributed by atoms with Gasteiger partial charge in [-0.1, -0.05) is 6.07 Å². The van der Waals surface area contributed by atoms with E-state index in [1.807, 2.05) is 6.92 Å². The van der Waals surface area contributed by atoms with Crippen LogP contribution in [0.5, 0.6) is 0 Å². The zero-order valence-electron chi connectivity index (χ0n) is 13.2. The highest BCUT2D eigenvalue weighted by molar-refractivity contribution is 5.74. The van der Waals surface area contributed by atoms with Crippen LogP contribution >= 0.6 is 0 Å². The van der Waals surface area contributed by atoms with Gasteiger partial charge in [0.15, 0.2) is 0 Å². The predicted octanol–water partition coefficient (Wildman–Crippen LogP) is 3.38. The number of ether oxygens (including phenoxy) is 1. The molecule has 0 bridgehead atoms. The number of hydrogen-bond acceptors (Lipinski definition) is 2. The van der Waals surface area contributed by atoms with Gasteiger partial charge >= 0.3 is 12.2 Å². The molecule has 0 radical (unpaired) electrons. The lowest BCUT2D eigenvalue weighted by molar-refractivity contribution is -0.137. The number of carbonyl (C=O) groups is 1. The summed E-state index contributed by atoms with van der Waals surface area (Å²) in [5, 5.41) is 5.55. The van der Waals surface area contributed by atoms with Crippen LogP contribution in [0.1, 0.15) is 36.5 Å². The number of hydrogen-bond donors (Lipinski definition) is 2. The molecule has 23 heavy (non-hydrogen) atoms. The van der Waals surface area contributed by atoms with Gasteiger partial charge in [0.05, 0.1) is 11.7 Å². The van der Waals surface area contributed by atoms with E-state index in [0.29, 0.717) is 17.7 Å². The molecule has 2 rings (SSSR count). The normalized spacial score (nSPS) is 21.8. The fourth-order valence-corrected chi connectivity index (χ4v) is 2.61. The Bertz CT molecular complexity index is 561. The number of benzene rings is 1. The van der Waals surface area contributed by atoms with Crippen molar-refractivity contribution < 1.29 is 22.7 Å². The molecule has 128 valence electrons. The molecule has 7 heteroatoms. The average Bonchev–Trinajstić information content (AvgIpc) is 2.45. The van der Waals surface area contributed by atoms with Crippen LogP contribution in [0.4, 0.5) is 18.0 Å². The highest BCUT2D eigenvalue weighted by Gasteiger charge is 2.30. The lowest BCUT2D eigenvalue weighted by Crippen LogP contribution is -2.45. The van der Waals surface area contributed by atoms with Crippen LogP contribution in [0.15, 0.2) is 18.2 Å². The summed E-state index contributed by atoms with van der Waals surface area (Å²) in [6, 6.07) is 3.27. The maximum Gasteiger partial charge on any atom is 0.416 e. The first-order valence-corrected chi connectivity index (χ1v) is 7.58. The van der Waals surface area contributed by atoms with Crippen LogP contribution in [-0.2, 0) is 17.5 Å². The smallest absolute Gasteiger partial charge is 0.378 e. The zero-order chi connectivity index (χ0) is 17.0. The van der Waals surface area contributed by atoms with Gasteiger partial charge in [0.2, 0.25) is 0 Å². The van der Waals surface area contributed by atoms with Crippen LogP contribution in [0.25, 0.3) is 0 Å². The molecule has 1 aliphatic rings. The average molecular weight is 330 g/mol. The second-order valence-electron chi connectivity index (χ2n) is 5.87. The van der Waals surface area contributed by atoms with Crippen molar-refractivity contribution in [1.82, 2.24) is 10.6 Å². The van der Waals surface area contributed by atoms with Crippen LogP contribution in [0, 0.1) is 6.92 Å². The molecule has 1 saturated heterocycles. The Morgan fingerprint density at radius 2 is 2.13 bits per heavy atom. The number of aryl methyl sites for hydroxylation is 1. The van der Waals surface area contributed by atoms with Gasteiger partial charge < -0.3 is 15.4 Å². The second kappa shape index (κ2) is 7.21. The Kier molecular flexibility index (Phi) is 5.51. The Labute approximate surface area is 133 Å². The summed E-state index contributed by atoms with van der Waals surface area (Å²) in [5.41, 5.74) is 0.479. The molecule has 0 spiro atoms. The molecule has 0 saturated carbocycles. The van der Waals surface area contributed by atoms with E-state index in [1.165, 1.54) is 6.07 Å². The monoisotopic (exact) mass is 330 g/mol. The SMILES string of the molecule is Cc1cc(C(F)(F)F)ccc1CNC(=O)N[C@@H]1CCO[C@H](C)C1. The fourth-order valence-electron chi connectivity index (χ4n) is 2.61. The first-order chi connectivity index (χ1) is 10.8. The molecule has 1 aromatic rings. The number of amides is 2. The highest BCUT2D eigenvalue weighted by Crippen LogP contribution is 2.30. The van der Waals surface area contributed by atoms with E-state index in [-0.39, 0.29) is 24.7 Å². The van der Waals surface area contributed by atoms with Gasteiger partial charge in [0, 0.05) is 19.2 Å². The molecule has 0 aromatic heterocycles. The Morgan fingerprint density at radius 3 is 2.74 bits per heavy atom. The summed E-state index contributed by atoms with van der Waals surface area (Å²) in [6.07, 6.45) is -2.72. The predicted molar refractivity (Wildman–Crippen MR) is 80.0 cm³/mol. The molecule has 2 atom stereocenters. The molecule has 1 fully saturated rings. The molecule has 2 N–H and O–H groups in total. The van der Waals surface area contributed by atoms with Crippen LogP contribution in [0.3, 0.4) is 0 Å². The minimum atomic E-state index is -4.35. The number of rotatable bonds is 3. The summed E-state index contributed by atoms with van der Waals surface area (Å²) in [7, 11) is 0. The lowest BCUT2D eigenvalue weighted by Gasteiger charge is -2.28. The first kappa shape index (κ1) is 17.6. The van der Waals surface area contributed by atoms with Crippen molar-refractivity contribution in [3.8, 4) is 0 Å². The molecular formula is C16H21F3N2O2. The van der Waals surface area contributed by atoms with Crippen LogP contribution < -0.4 is 10.6 Å². The van der Waals surface area contributed by atoms with Gasteiger partial charge in [-0.25, -0.2) is 4.79 Å². The van der Waals surface area contributed by atoms with Crippen LogP contribution in [-0.4, -0.2) is 24.8 Å². The van der Waals surface area contributed by atoms with E-state index in [4.69, 9.17) is 4.74 Å². The first-order valence-electron chi connectivity index (χ1n) is 7.58. The molecule has 0 unspecified atom stereocenters. The Balaban J connectivity index is 1.86. The summed E-state index contributed by atoms with van der Waals surface area (Å²) < 4.78 is 43.3. The standard InChI is InChI=1S/C16H21F3N2O2/c1-10-7-13(16(17,18)19)4-3-12(10)9-20-15(22)21-14-5-6-23-11(2)8-14/h3-4,7,11,14H,5-6,8-9H2,1-2H3,(H2,20,21,22)/t11-,14-/m1/s1. The molecule has 1 aromatic carbocycles. The van der Waals surface area contributed by atoms with E-state index in [9.17, 15) is 18.0 Å². The number of alkyl halides is 3. The third-order valence-corrected chi connectivity index (χ3v) is 3.93. The van der Waals surface area contributed by atoms with Gasteiger partial charge in [0.25, 0.3) is 0 Å². The summed E-state index contributed by atoms with van der Waals surface area (Å²) in [5.74, 6) is 0. The van der Waals surface area contributed by atoms with Gasteiger partial charge in [-0.05, 0) is 49.9 Å². The summed E-state index contributed by atoms with van der Waals surface area (Å²) >= 11 is 0.